The smallest absolute Gasteiger partial charge is 0.339 e. The molecule has 3 rings (SSSR count). The normalized spacial score (nSPS) is 16.7. The highest BCUT2D eigenvalue weighted by molar-refractivity contribution is 5.89. The molecule has 0 amide bonds. The maximum atomic E-state index is 11.5. The first kappa shape index (κ1) is 12.1. The maximum absolute atomic E-state index is 11.5. The van der Waals surface area contributed by atoms with Gasteiger partial charge in [0.05, 0.1) is 12.7 Å². The molecule has 1 aliphatic rings. The summed E-state index contributed by atoms with van der Waals surface area (Å²) in [6, 6.07) is 3.53. The Balaban J connectivity index is 1.93. The minimum Gasteiger partial charge on any atom is -0.465 e. The Morgan fingerprint density at radius 2 is 2.11 bits per heavy atom. The second-order valence-corrected chi connectivity index (χ2v) is 5.02. The molecule has 0 bridgehead atoms. The van der Waals surface area contributed by atoms with Crippen molar-refractivity contribution in [1.82, 2.24) is 14.6 Å². The van der Waals surface area contributed by atoms with E-state index in [1.807, 2.05) is 6.07 Å². The van der Waals surface area contributed by atoms with Gasteiger partial charge in [0.15, 0.2) is 11.5 Å². The Labute approximate surface area is 111 Å². The summed E-state index contributed by atoms with van der Waals surface area (Å²) in [5, 5.41) is 4.51. The van der Waals surface area contributed by atoms with E-state index >= 15 is 0 Å². The SMILES string of the molecule is COC(=O)c1ccc2nc(C3CCCCC3)nn2c1. The fourth-order valence-electron chi connectivity index (χ4n) is 2.67. The van der Waals surface area contributed by atoms with Gasteiger partial charge in [-0.3, -0.25) is 0 Å². The number of carbonyl (C=O) groups is 1. The molecule has 2 aromatic heterocycles. The summed E-state index contributed by atoms with van der Waals surface area (Å²) in [5.74, 6) is 1.02. The number of hydrogen-bond donors (Lipinski definition) is 0. The molecule has 0 aliphatic heterocycles. The second kappa shape index (κ2) is 4.99. The molecule has 5 nitrogen and oxygen atoms in total. The lowest BCUT2D eigenvalue weighted by Gasteiger charge is -2.17. The van der Waals surface area contributed by atoms with Crippen LogP contribution in [-0.4, -0.2) is 27.7 Å². The Morgan fingerprint density at radius 1 is 1.32 bits per heavy atom. The molecule has 0 spiro atoms. The van der Waals surface area contributed by atoms with Crippen molar-refractivity contribution in [3.63, 3.8) is 0 Å². The number of esters is 1. The number of ether oxygens (including phenoxy) is 1. The summed E-state index contributed by atoms with van der Waals surface area (Å²) in [4.78, 5) is 16.0. The van der Waals surface area contributed by atoms with E-state index in [2.05, 4.69) is 10.1 Å². The molecular formula is C14H17N3O2. The van der Waals surface area contributed by atoms with Crippen molar-refractivity contribution in [3.05, 3.63) is 29.7 Å². The summed E-state index contributed by atoms with van der Waals surface area (Å²) in [6.07, 6.45) is 7.85. The van der Waals surface area contributed by atoms with Gasteiger partial charge in [-0.1, -0.05) is 19.3 Å². The van der Waals surface area contributed by atoms with Crippen molar-refractivity contribution in [2.45, 2.75) is 38.0 Å². The third-order valence-corrected chi connectivity index (χ3v) is 3.74. The lowest BCUT2D eigenvalue weighted by molar-refractivity contribution is 0.0600. The van der Waals surface area contributed by atoms with Gasteiger partial charge < -0.3 is 4.74 Å². The van der Waals surface area contributed by atoms with Crippen molar-refractivity contribution in [3.8, 4) is 0 Å². The first-order valence-corrected chi connectivity index (χ1v) is 6.72. The zero-order valence-electron chi connectivity index (χ0n) is 11.0. The van der Waals surface area contributed by atoms with Crippen LogP contribution in [0.4, 0.5) is 0 Å². The Kier molecular flexibility index (Phi) is 3.19. The Bertz CT molecular complexity index is 600. The van der Waals surface area contributed by atoms with E-state index in [0.29, 0.717) is 11.5 Å². The van der Waals surface area contributed by atoms with E-state index in [-0.39, 0.29) is 5.97 Å². The van der Waals surface area contributed by atoms with Gasteiger partial charge in [-0.25, -0.2) is 14.3 Å². The molecule has 1 fully saturated rings. The standard InChI is InChI=1S/C14H17N3O2/c1-19-14(18)11-7-8-12-15-13(16-17(12)9-11)10-5-3-2-4-6-10/h7-10H,2-6H2,1H3. The van der Waals surface area contributed by atoms with Crippen molar-refractivity contribution in [1.29, 1.82) is 0 Å². The molecule has 1 aliphatic carbocycles. The predicted octanol–water partition coefficient (Wildman–Crippen LogP) is 2.56. The van der Waals surface area contributed by atoms with Crippen molar-refractivity contribution < 1.29 is 9.53 Å². The van der Waals surface area contributed by atoms with Gasteiger partial charge in [0.2, 0.25) is 0 Å². The van der Waals surface area contributed by atoms with Gasteiger partial charge in [0.1, 0.15) is 0 Å². The maximum Gasteiger partial charge on any atom is 0.339 e. The number of hydrogen-bond acceptors (Lipinski definition) is 4. The summed E-state index contributed by atoms with van der Waals surface area (Å²) in [6.45, 7) is 0. The lowest BCUT2D eigenvalue weighted by atomic mass is 9.89. The number of pyridine rings is 1. The number of methoxy groups -OCH3 is 1. The second-order valence-electron chi connectivity index (χ2n) is 5.02. The van der Waals surface area contributed by atoms with Crippen LogP contribution in [0.3, 0.4) is 0 Å². The van der Waals surface area contributed by atoms with Crippen LogP contribution in [0, 0.1) is 0 Å². The van der Waals surface area contributed by atoms with E-state index in [4.69, 9.17) is 4.74 Å². The average molecular weight is 259 g/mol. The van der Waals surface area contributed by atoms with E-state index in [9.17, 15) is 4.79 Å². The number of aromatic nitrogens is 3. The van der Waals surface area contributed by atoms with Crippen molar-refractivity contribution in [2.75, 3.05) is 7.11 Å². The van der Waals surface area contributed by atoms with Crippen LogP contribution in [0.25, 0.3) is 5.65 Å². The molecule has 2 aromatic rings. The minimum atomic E-state index is -0.350. The summed E-state index contributed by atoms with van der Waals surface area (Å²) in [5.41, 5.74) is 1.28. The quantitative estimate of drug-likeness (QED) is 0.778. The molecule has 1 saturated carbocycles. The third kappa shape index (κ3) is 2.32. The van der Waals surface area contributed by atoms with E-state index in [0.717, 1.165) is 11.5 Å². The molecule has 100 valence electrons. The summed E-state index contributed by atoms with van der Waals surface area (Å²) < 4.78 is 6.38. The fourth-order valence-corrected chi connectivity index (χ4v) is 2.67. The van der Waals surface area contributed by atoms with E-state index < -0.39 is 0 Å². The van der Waals surface area contributed by atoms with Crippen LogP contribution in [-0.2, 0) is 4.74 Å². The molecule has 19 heavy (non-hydrogen) atoms. The number of fused-ring (bicyclic) bond motifs is 1. The molecule has 0 atom stereocenters. The predicted molar refractivity (Wildman–Crippen MR) is 70.2 cm³/mol. The first-order chi connectivity index (χ1) is 9.28. The largest absolute Gasteiger partial charge is 0.465 e. The lowest BCUT2D eigenvalue weighted by Crippen LogP contribution is -2.06. The summed E-state index contributed by atoms with van der Waals surface area (Å²) >= 11 is 0. The zero-order valence-corrected chi connectivity index (χ0v) is 11.0. The topological polar surface area (TPSA) is 56.5 Å². The molecule has 0 saturated heterocycles. The molecular weight excluding hydrogens is 242 g/mol. The van der Waals surface area contributed by atoms with Crippen LogP contribution in [0.5, 0.6) is 0 Å². The first-order valence-electron chi connectivity index (χ1n) is 6.72. The van der Waals surface area contributed by atoms with E-state index in [1.165, 1.54) is 39.2 Å². The molecule has 2 heterocycles. The van der Waals surface area contributed by atoms with Crippen molar-refractivity contribution in [2.24, 2.45) is 0 Å². The zero-order chi connectivity index (χ0) is 13.2. The molecule has 0 N–H and O–H groups in total. The average Bonchev–Trinajstić information content (AvgIpc) is 2.90. The van der Waals surface area contributed by atoms with Crippen LogP contribution in [0.1, 0.15) is 54.2 Å². The Morgan fingerprint density at radius 3 is 2.84 bits per heavy atom. The van der Waals surface area contributed by atoms with Gasteiger partial charge in [-0.2, -0.15) is 5.10 Å². The van der Waals surface area contributed by atoms with Crippen molar-refractivity contribution >= 4 is 11.6 Å². The van der Waals surface area contributed by atoms with Gasteiger partial charge in [0.25, 0.3) is 0 Å². The highest BCUT2D eigenvalue weighted by Crippen LogP contribution is 2.30. The van der Waals surface area contributed by atoms with Crippen LogP contribution < -0.4 is 0 Å². The van der Waals surface area contributed by atoms with Crippen LogP contribution in [0.2, 0.25) is 0 Å². The van der Waals surface area contributed by atoms with Crippen LogP contribution >= 0.6 is 0 Å². The Hall–Kier alpha value is -1.91. The van der Waals surface area contributed by atoms with E-state index in [1.54, 1.807) is 16.8 Å². The monoisotopic (exact) mass is 259 g/mol. The highest BCUT2D eigenvalue weighted by atomic mass is 16.5. The molecule has 0 aromatic carbocycles. The number of nitrogens with zero attached hydrogens (tertiary/aromatic N) is 3. The minimum absolute atomic E-state index is 0.350. The number of rotatable bonds is 2. The molecule has 5 heteroatoms. The molecule has 0 radical (unpaired) electrons. The fraction of sp³-hybridized carbons (Fsp3) is 0.500. The summed E-state index contributed by atoms with van der Waals surface area (Å²) in [7, 11) is 1.38. The highest BCUT2D eigenvalue weighted by Gasteiger charge is 2.20. The van der Waals surface area contributed by atoms with Gasteiger partial charge in [-0.15, -0.1) is 0 Å². The van der Waals surface area contributed by atoms with Gasteiger partial charge in [-0.05, 0) is 25.0 Å². The van der Waals surface area contributed by atoms with Gasteiger partial charge >= 0.3 is 5.97 Å². The molecule has 0 unspecified atom stereocenters. The number of carbonyl (C=O) groups excluding carboxylic acids is 1. The third-order valence-electron chi connectivity index (χ3n) is 3.74. The van der Waals surface area contributed by atoms with Crippen LogP contribution in [0.15, 0.2) is 18.3 Å². The van der Waals surface area contributed by atoms with Gasteiger partial charge in [0, 0.05) is 12.1 Å².